The third kappa shape index (κ3) is 3.54. The summed E-state index contributed by atoms with van der Waals surface area (Å²) in [4.78, 5) is 11.8. The number of nitrogens with two attached hydrogens (primary N) is 1. The second kappa shape index (κ2) is 4.70. The molecule has 0 heterocycles. The Labute approximate surface area is 107 Å². The van der Waals surface area contributed by atoms with Crippen LogP contribution < -0.4 is 10.5 Å². The summed E-state index contributed by atoms with van der Waals surface area (Å²) >= 11 is 0. The van der Waals surface area contributed by atoms with Crippen LogP contribution in [0.4, 0.5) is 5.69 Å². The van der Waals surface area contributed by atoms with E-state index in [4.69, 9.17) is 5.14 Å². The highest BCUT2D eigenvalue weighted by molar-refractivity contribution is 7.89. The number of carbonyl (C=O) groups excluding carboxylic acids is 1. The van der Waals surface area contributed by atoms with Gasteiger partial charge in [0.2, 0.25) is 15.9 Å². The fourth-order valence-electron chi connectivity index (χ4n) is 1.26. The molecule has 1 rings (SSSR count). The van der Waals surface area contributed by atoms with Crippen molar-refractivity contribution in [2.24, 2.45) is 10.6 Å². The zero-order valence-electron chi connectivity index (χ0n) is 10.9. The highest BCUT2D eigenvalue weighted by Gasteiger charge is 2.22. The van der Waals surface area contributed by atoms with Crippen LogP contribution in [0.2, 0.25) is 0 Å². The van der Waals surface area contributed by atoms with Gasteiger partial charge in [0, 0.05) is 11.1 Å². The molecule has 0 atom stereocenters. The molecule has 100 valence electrons. The smallest absolute Gasteiger partial charge is 0.238 e. The number of hydrogen-bond donors (Lipinski definition) is 2. The van der Waals surface area contributed by atoms with Gasteiger partial charge in [0.1, 0.15) is 0 Å². The fraction of sp³-hybridized carbons (Fsp3) is 0.417. The van der Waals surface area contributed by atoms with Crippen LogP contribution in [0, 0.1) is 12.3 Å². The van der Waals surface area contributed by atoms with E-state index in [1.54, 1.807) is 33.8 Å². The van der Waals surface area contributed by atoms with Gasteiger partial charge in [-0.15, -0.1) is 0 Å². The van der Waals surface area contributed by atoms with E-state index in [1.807, 2.05) is 0 Å². The first-order valence-corrected chi connectivity index (χ1v) is 7.01. The monoisotopic (exact) mass is 270 g/mol. The molecule has 0 radical (unpaired) electrons. The molecule has 0 aliphatic carbocycles. The van der Waals surface area contributed by atoms with Crippen molar-refractivity contribution in [3.63, 3.8) is 0 Å². The van der Waals surface area contributed by atoms with Crippen LogP contribution in [-0.2, 0) is 14.8 Å². The van der Waals surface area contributed by atoms with Crippen LogP contribution in [0.15, 0.2) is 23.1 Å². The number of anilines is 1. The van der Waals surface area contributed by atoms with Gasteiger partial charge < -0.3 is 5.32 Å². The van der Waals surface area contributed by atoms with E-state index >= 15 is 0 Å². The van der Waals surface area contributed by atoms with Gasteiger partial charge >= 0.3 is 0 Å². The Bertz CT molecular complexity index is 571. The SMILES string of the molecule is Cc1cc(S(N)(=O)=O)ccc1NC(=O)C(C)(C)C. The van der Waals surface area contributed by atoms with Crippen molar-refractivity contribution in [2.45, 2.75) is 32.6 Å². The predicted octanol–water partition coefficient (Wildman–Crippen LogP) is 1.63. The van der Waals surface area contributed by atoms with Crippen LogP contribution in [0.25, 0.3) is 0 Å². The van der Waals surface area contributed by atoms with Crippen molar-refractivity contribution in [3.05, 3.63) is 23.8 Å². The number of hydrogen-bond acceptors (Lipinski definition) is 3. The average molecular weight is 270 g/mol. The van der Waals surface area contributed by atoms with E-state index in [-0.39, 0.29) is 10.8 Å². The lowest BCUT2D eigenvalue weighted by Gasteiger charge is -2.18. The van der Waals surface area contributed by atoms with Gasteiger partial charge in [0.15, 0.2) is 0 Å². The van der Waals surface area contributed by atoms with E-state index in [0.717, 1.165) is 0 Å². The summed E-state index contributed by atoms with van der Waals surface area (Å²) in [5.74, 6) is -0.131. The van der Waals surface area contributed by atoms with Crippen LogP contribution in [0.5, 0.6) is 0 Å². The molecule has 0 saturated carbocycles. The molecule has 0 fully saturated rings. The van der Waals surface area contributed by atoms with Crippen molar-refractivity contribution >= 4 is 21.6 Å². The van der Waals surface area contributed by atoms with Gasteiger partial charge in [-0.2, -0.15) is 0 Å². The maximum absolute atomic E-state index is 11.8. The van der Waals surface area contributed by atoms with Crippen molar-refractivity contribution in [3.8, 4) is 0 Å². The number of benzene rings is 1. The lowest BCUT2D eigenvalue weighted by molar-refractivity contribution is -0.123. The largest absolute Gasteiger partial charge is 0.325 e. The van der Waals surface area contributed by atoms with E-state index < -0.39 is 15.4 Å². The number of carbonyl (C=O) groups is 1. The Morgan fingerprint density at radius 1 is 1.28 bits per heavy atom. The third-order valence-electron chi connectivity index (χ3n) is 2.46. The first-order valence-electron chi connectivity index (χ1n) is 5.47. The van der Waals surface area contributed by atoms with Gasteiger partial charge in [-0.1, -0.05) is 20.8 Å². The molecular formula is C12H18N2O3S. The molecule has 18 heavy (non-hydrogen) atoms. The molecule has 0 saturated heterocycles. The van der Waals surface area contributed by atoms with Gasteiger partial charge in [-0.25, -0.2) is 13.6 Å². The predicted molar refractivity (Wildman–Crippen MR) is 70.6 cm³/mol. The number of nitrogens with one attached hydrogen (secondary N) is 1. The molecule has 3 N–H and O–H groups in total. The zero-order chi connectivity index (χ0) is 14.1. The summed E-state index contributed by atoms with van der Waals surface area (Å²) in [7, 11) is -3.71. The highest BCUT2D eigenvalue weighted by atomic mass is 32.2. The summed E-state index contributed by atoms with van der Waals surface area (Å²) in [5.41, 5.74) is 0.729. The number of primary sulfonamides is 1. The topological polar surface area (TPSA) is 89.3 Å². The summed E-state index contributed by atoms with van der Waals surface area (Å²) in [6.07, 6.45) is 0. The minimum atomic E-state index is -3.71. The van der Waals surface area contributed by atoms with Crippen molar-refractivity contribution in [1.29, 1.82) is 0 Å². The van der Waals surface area contributed by atoms with E-state index in [0.29, 0.717) is 11.3 Å². The first kappa shape index (κ1) is 14.7. The van der Waals surface area contributed by atoms with Crippen LogP contribution >= 0.6 is 0 Å². The van der Waals surface area contributed by atoms with Crippen LogP contribution in [0.1, 0.15) is 26.3 Å². The van der Waals surface area contributed by atoms with Crippen molar-refractivity contribution < 1.29 is 13.2 Å². The molecule has 0 aliphatic heterocycles. The molecule has 1 aromatic carbocycles. The molecule has 1 aromatic rings. The second-order valence-corrected chi connectivity index (χ2v) is 6.79. The normalized spacial score (nSPS) is 12.3. The highest BCUT2D eigenvalue weighted by Crippen LogP contribution is 2.22. The third-order valence-corrected chi connectivity index (χ3v) is 3.37. The summed E-state index contributed by atoms with van der Waals surface area (Å²) < 4.78 is 22.3. The Morgan fingerprint density at radius 3 is 2.22 bits per heavy atom. The Kier molecular flexibility index (Phi) is 3.83. The van der Waals surface area contributed by atoms with Gasteiger partial charge in [0.05, 0.1) is 4.90 Å². The molecule has 1 amide bonds. The quantitative estimate of drug-likeness (QED) is 0.855. The summed E-state index contributed by atoms with van der Waals surface area (Å²) in [5, 5.41) is 7.79. The minimum Gasteiger partial charge on any atom is -0.325 e. The lowest BCUT2D eigenvalue weighted by atomic mass is 9.95. The Balaban J connectivity index is 3.05. The summed E-state index contributed by atoms with van der Waals surface area (Å²) in [6, 6.07) is 4.35. The molecule has 0 unspecified atom stereocenters. The second-order valence-electron chi connectivity index (χ2n) is 5.23. The first-order chi connectivity index (χ1) is 8.01. The number of aryl methyl sites for hydroxylation is 1. The molecular weight excluding hydrogens is 252 g/mol. The number of rotatable bonds is 2. The maximum atomic E-state index is 11.8. The van der Waals surface area contributed by atoms with E-state index in [1.165, 1.54) is 12.1 Å². The summed E-state index contributed by atoms with van der Waals surface area (Å²) in [6.45, 7) is 7.12. The van der Waals surface area contributed by atoms with Crippen molar-refractivity contribution in [2.75, 3.05) is 5.32 Å². The molecule has 0 aromatic heterocycles. The Hall–Kier alpha value is -1.40. The molecule has 0 bridgehead atoms. The standard InChI is InChI=1S/C12H18N2O3S/c1-8-7-9(18(13,16)17)5-6-10(8)14-11(15)12(2,3)4/h5-7H,1-4H3,(H,14,15)(H2,13,16,17). The van der Waals surface area contributed by atoms with Gasteiger partial charge in [-0.05, 0) is 30.7 Å². The molecule has 5 nitrogen and oxygen atoms in total. The van der Waals surface area contributed by atoms with E-state index in [2.05, 4.69) is 5.32 Å². The average Bonchev–Trinajstić information content (AvgIpc) is 2.17. The van der Waals surface area contributed by atoms with Crippen molar-refractivity contribution in [1.82, 2.24) is 0 Å². The molecule has 0 spiro atoms. The molecule has 0 aliphatic rings. The van der Waals surface area contributed by atoms with Gasteiger partial charge in [-0.3, -0.25) is 4.79 Å². The maximum Gasteiger partial charge on any atom is 0.238 e. The number of amides is 1. The Morgan fingerprint density at radius 2 is 1.83 bits per heavy atom. The lowest BCUT2D eigenvalue weighted by Crippen LogP contribution is -2.28. The zero-order valence-corrected chi connectivity index (χ0v) is 11.8. The van der Waals surface area contributed by atoms with E-state index in [9.17, 15) is 13.2 Å². The number of sulfonamides is 1. The van der Waals surface area contributed by atoms with Gasteiger partial charge in [0.25, 0.3) is 0 Å². The molecule has 6 heteroatoms. The van der Waals surface area contributed by atoms with Crippen LogP contribution in [-0.4, -0.2) is 14.3 Å². The fourth-order valence-corrected chi connectivity index (χ4v) is 1.86. The van der Waals surface area contributed by atoms with Crippen LogP contribution in [0.3, 0.4) is 0 Å². The minimum absolute atomic E-state index is 0.0359.